The molecule has 12 nitrogen and oxygen atoms in total. The predicted octanol–water partition coefficient (Wildman–Crippen LogP) is 0.684. The van der Waals surface area contributed by atoms with Crippen LogP contribution in [0.5, 0.6) is 17.2 Å². The van der Waals surface area contributed by atoms with Gasteiger partial charge in [-0.1, -0.05) is 12.1 Å². The van der Waals surface area contributed by atoms with Crippen molar-refractivity contribution in [1.82, 2.24) is 5.32 Å². The monoisotopic (exact) mass is 593 g/mol. The van der Waals surface area contributed by atoms with E-state index in [9.17, 15) is 39.9 Å². The van der Waals surface area contributed by atoms with Crippen LogP contribution in [-0.4, -0.2) is 93.8 Å². The number of hydrogen-bond donors (Lipinski definition) is 6. The number of phenols is 2. The molecule has 0 amide bonds. The number of nitrogens with one attached hydrogen (secondary N) is 1. The molecule has 222 valence electrons. The van der Waals surface area contributed by atoms with Gasteiger partial charge >= 0.3 is 0 Å². The molecule has 0 bridgehead atoms. The maximum Gasteiger partial charge on any atom is 0.202 e. The molecular weight excluding hydrogens is 562 g/mol. The van der Waals surface area contributed by atoms with Gasteiger partial charge in [0.1, 0.15) is 29.5 Å². The average molecular weight is 594 g/mol. The quantitative estimate of drug-likeness (QED) is 0.219. The van der Waals surface area contributed by atoms with Crippen LogP contribution >= 0.6 is 12.4 Å². The smallest absolute Gasteiger partial charge is 0.202 e. The number of hydrogen-bond acceptors (Lipinski definition) is 12. The van der Waals surface area contributed by atoms with E-state index in [0.29, 0.717) is 0 Å². The fraction of sp³-hybridized carbons (Fsp3) is 0.464. The highest BCUT2D eigenvalue weighted by molar-refractivity contribution is 6.31. The molecule has 2 aromatic rings. The minimum Gasteiger partial charge on any atom is -0.507 e. The zero-order valence-corrected chi connectivity index (χ0v) is 23.4. The molecule has 1 heterocycles. The molecule has 1 fully saturated rings. The predicted molar refractivity (Wildman–Crippen MR) is 144 cm³/mol. The number of methoxy groups -OCH3 is 1. The molecule has 2 aromatic carbocycles. The Kier molecular flexibility index (Phi) is 8.50. The van der Waals surface area contributed by atoms with E-state index < -0.39 is 95.7 Å². The average Bonchev–Trinajstić information content (AvgIpc) is 2.94. The summed E-state index contributed by atoms with van der Waals surface area (Å²) in [7, 11) is 2.99. The summed E-state index contributed by atoms with van der Waals surface area (Å²) in [5.41, 5.74) is -3.52. The molecule has 6 N–H and O–H groups in total. The van der Waals surface area contributed by atoms with Gasteiger partial charge in [0.05, 0.1) is 42.1 Å². The number of ketones is 3. The highest BCUT2D eigenvalue weighted by atomic mass is 35.5. The minimum absolute atomic E-state index is 0. The lowest BCUT2D eigenvalue weighted by Gasteiger charge is -2.42. The van der Waals surface area contributed by atoms with Crippen LogP contribution in [0.15, 0.2) is 18.2 Å². The first kappa shape index (κ1) is 30.8. The maximum atomic E-state index is 13.7. The number of halogens is 1. The summed E-state index contributed by atoms with van der Waals surface area (Å²) in [6, 6.07) is 3.96. The van der Waals surface area contributed by atoms with Crippen molar-refractivity contribution >= 4 is 29.8 Å². The Balaban J connectivity index is 0.00000387. The molecule has 3 aliphatic rings. The summed E-state index contributed by atoms with van der Waals surface area (Å²) < 4.78 is 17.2. The van der Waals surface area contributed by atoms with Crippen molar-refractivity contribution in [3.8, 4) is 17.2 Å². The molecular formula is C28H32ClNO11. The number of carbonyl (C=O) groups excluding carboxylic acids is 3. The van der Waals surface area contributed by atoms with E-state index in [0.717, 1.165) is 0 Å². The second kappa shape index (κ2) is 11.3. The fourth-order valence-electron chi connectivity index (χ4n) is 6.00. The topological polar surface area (TPSA) is 192 Å². The number of ether oxygens (including phenoxy) is 3. The Morgan fingerprint density at radius 3 is 2.46 bits per heavy atom. The molecule has 0 aromatic heterocycles. The molecule has 41 heavy (non-hydrogen) atoms. The Morgan fingerprint density at radius 1 is 1.15 bits per heavy atom. The van der Waals surface area contributed by atoms with Gasteiger partial charge < -0.3 is 45.1 Å². The van der Waals surface area contributed by atoms with Gasteiger partial charge in [-0.25, -0.2) is 0 Å². The van der Waals surface area contributed by atoms with Crippen LogP contribution in [0.3, 0.4) is 0 Å². The summed E-state index contributed by atoms with van der Waals surface area (Å²) in [4.78, 5) is 39.9. The van der Waals surface area contributed by atoms with Crippen LogP contribution in [0, 0.1) is 0 Å². The van der Waals surface area contributed by atoms with Gasteiger partial charge in [-0.3, -0.25) is 14.4 Å². The summed E-state index contributed by atoms with van der Waals surface area (Å²) >= 11 is 0. The molecule has 2 aliphatic carbocycles. The number of carbonyl (C=O) groups is 3. The van der Waals surface area contributed by atoms with E-state index in [-0.39, 0.29) is 46.8 Å². The number of rotatable bonds is 6. The largest absolute Gasteiger partial charge is 0.507 e. The van der Waals surface area contributed by atoms with Crippen molar-refractivity contribution in [1.29, 1.82) is 0 Å². The number of likely N-dealkylation sites (N-methyl/N-ethyl adjacent to an activating group) is 1. The lowest BCUT2D eigenvalue weighted by atomic mass is 9.72. The highest BCUT2D eigenvalue weighted by Gasteiger charge is 2.50. The van der Waals surface area contributed by atoms with Gasteiger partial charge in [0.15, 0.2) is 17.9 Å². The van der Waals surface area contributed by atoms with E-state index in [1.165, 1.54) is 25.3 Å². The van der Waals surface area contributed by atoms with Gasteiger partial charge in [-0.05, 0) is 20.0 Å². The number of Topliss-reactive ketones (excluding diaryl/α,β-unsaturated/α-hetero) is 1. The molecule has 0 radical (unpaired) electrons. The zero-order chi connectivity index (χ0) is 29.1. The standard InChI is InChI=1S/C28H31NO11.ClH/c1-11-23(32)14(29-2)7-18(39-11)40-16-9-28(37,17(31)10-30)8-13-20(16)27(36)22-21(25(13)34)24(33)12-5-4-6-15(38-3)19(12)26(22)35;/h4-6,11,14,16,18,23,29-30,32,34,36-37H,7-10H2,1-3H3;1H/t11?,14?,16-,18?,23?,28-;/m0./s1. The Hall–Kier alpha value is -3.10. The minimum atomic E-state index is -2.23. The molecule has 6 atom stereocenters. The molecule has 0 saturated carbocycles. The van der Waals surface area contributed by atoms with Crippen LogP contribution in [-0.2, 0) is 20.7 Å². The van der Waals surface area contributed by atoms with Crippen LogP contribution < -0.4 is 10.1 Å². The molecule has 1 saturated heterocycles. The van der Waals surface area contributed by atoms with E-state index in [2.05, 4.69) is 5.32 Å². The first-order valence-corrected chi connectivity index (χ1v) is 12.9. The third-order valence-electron chi connectivity index (χ3n) is 8.13. The van der Waals surface area contributed by atoms with Crippen molar-refractivity contribution in [2.24, 2.45) is 0 Å². The molecule has 1 aliphatic heterocycles. The summed E-state index contributed by atoms with van der Waals surface area (Å²) in [6.07, 6.45) is -4.66. The third-order valence-corrected chi connectivity index (χ3v) is 8.13. The van der Waals surface area contributed by atoms with Crippen LogP contribution in [0.1, 0.15) is 68.8 Å². The Morgan fingerprint density at radius 2 is 1.83 bits per heavy atom. The second-order valence-corrected chi connectivity index (χ2v) is 10.4. The van der Waals surface area contributed by atoms with E-state index >= 15 is 0 Å². The SMILES string of the molecule is CNC1CC(O[C@H]2C[C@](O)(C(=O)CO)Cc3c(O)c4c(c(O)c32)C(=O)c2c(OC)cccc2C4=O)OC(C)C1O.Cl. The Labute approximate surface area is 241 Å². The van der Waals surface area contributed by atoms with Gasteiger partial charge in [-0.15, -0.1) is 12.4 Å². The number of aliphatic hydroxyl groups excluding tert-OH is 2. The lowest BCUT2D eigenvalue weighted by Crippen LogP contribution is -2.53. The number of fused-ring (bicyclic) bond motifs is 3. The van der Waals surface area contributed by atoms with Crippen molar-refractivity contribution in [2.45, 2.75) is 62.4 Å². The van der Waals surface area contributed by atoms with E-state index in [1.54, 1.807) is 14.0 Å². The summed E-state index contributed by atoms with van der Waals surface area (Å²) in [6.45, 7) is 0.631. The number of benzene rings is 2. The third kappa shape index (κ3) is 4.79. The lowest BCUT2D eigenvalue weighted by molar-refractivity contribution is -0.249. The summed E-state index contributed by atoms with van der Waals surface area (Å²) in [5, 5.41) is 57.1. The fourth-order valence-corrected chi connectivity index (χ4v) is 6.00. The van der Waals surface area contributed by atoms with E-state index in [1.807, 2.05) is 0 Å². The van der Waals surface area contributed by atoms with Crippen molar-refractivity contribution in [2.75, 3.05) is 20.8 Å². The first-order chi connectivity index (χ1) is 19.0. The van der Waals surface area contributed by atoms with Crippen molar-refractivity contribution in [3.63, 3.8) is 0 Å². The van der Waals surface area contributed by atoms with E-state index in [4.69, 9.17) is 14.2 Å². The molecule has 0 spiro atoms. The molecule has 4 unspecified atom stereocenters. The Bertz CT molecular complexity index is 1410. The van der Waals surface area contributed by atoms with Crippen LogP contribution in [0.4, 0.5) is 0 Å². The van der Waals surface area contributed by atoms with Crippen LogP contribution in [0.25, 0.3) is 0 Å². The van der Waals surface area contributed by atoms with Gasteiger partial charge in [-0.2, -0.15) is 0 Å². The number of aliphatic hydroxyl groups is 3. The summed E-state index contributed by atoms with van der Waals surface area (Å²) in [5.74, 6) is -3.69. The molecule has 13 heteroatoms. The maximum absolute atomic E-state index is 13.7. The van der Waals surface area contributed by atoms with Crippen molar-refractivity contribution < 1.29 is 54.1 Å². The van der Waals surface area contributed by atoms with Crippen LogP contribution in [0.2, 0.25) is 0 Å². The van der Waals surface area contributed by atoms with Gasteiger partial charge in [0, 0.05) is 42.0 Å². The zero-order valence-electron chi connectivity index (χ0n) is 22.5. The number of phenolic OH excluding ortho intramolecular Hbond substituents is 2. The first-order valence-electron chi connectivity index (χ1n) is 12.9. The van der Waals surface area contributed by atoms with Crippen molar-refractivity contribution in [3.05, 3.63) is 51.6 Å². The second-order valence-electron chi connectivity index (χ2n) is 10.4. The van der Waals surface area contributed by atoms with Gasteiger partial charge in [0.25, 0.3) is 0 Å². The number of aromatic hydroxyl groups is 2. The molecule has 5 rings (SSSR count). The highest BCUT2D eigenvalue weighted by Crippen LogP contribution is 2.52. The normalized spacial score (nSPS) is 28.7. The van der Waals surface area contributed by atoms with Gasteiger partial charge in [0.2, 0.25) is 5.78 Å².